The monoisotopic (exact) mass is 371 g/mol. The molecule has 1 unspecified atom stereocenters. The van der Waals surface area contributed by atoms with Gasteiger partial charge in [-0.2, -0.15) is 0 Å². The van der Waals surface area contributed by atoms with Crippen LogP contribution in [-0.2, 0) is 9.53 Å². The van der Waals surface area contributed by atoms with Crippen LogP contribution in [-0.4, -0.2) is 44.3 Å². The second-order valence-corrected chi connectivity index (χ2v) is 5.84. The van der Waals surface area contributed by atoms with Gasteiger partial charge in [0.05, 0.1) is 18.7 Å². The summed E-state index contributed by atoms with van der Waals surface area (Å²) in [5, 5.41) is 2.67. The van der Waals surface area contributed by atoms with Gasteiger partial charge in [-0.05, 0) is 43.3 Å². The molecule has 1 aliphatic rings. The van der Waals surface area contributed by atoms with Crippen LogP contribution in [0, 0.1) is 0 Å². The summed E-state index contributed by atoms with van der Waals surface area (Å²) in [5.74, 6) is 1.02. The minimum Gasteiger partial charge on any atom is -0.494 e. The number of carbonyl (C=O) groups excluding carboxylic acids is 2. The Morgan fingerprint density at radius 1 is 1.11 bits per heavy atom. The minimum absolute atomic E-state index is 0.258. The topological polar surface area (TPSA) is 83.1 Å². The Labute approximate surface area is 157 Å². The van der Waals surface area contributed by atoms with Gasteiger partial charge in [0.15, 0.2) is 18.1 Å². The van der Waals surface area contributed by atoms with Crippen LogP contribution in [0.2, 0.25) is 0 Å². The Bertz CT molecular complexity index is 789. The molecule has 2 aromatic carbocycles. The van der Waals surface area contributed by atoms with Crippen LogP contribution < -0.4 is 19.5 Å². The van der Waals surface area contributed by atoms with Gasteiger partial charge in [-0.1, -0.05) is 12.1 Å². The first-order chi connectivity index (χ1) is 13.2. The summed E-state index contributed by atoms with van der Waals surface area (Å²) in [6.45, 7) is 2.66. The fourth-order valence-corrected chi connectivity index (χ4v) is 2.51. The van der Waals surface area contributed by atoms with Crippen molar-refractivity contribution in [2.45, 2.75) is 13.0 Å². The van der Waals surface area contributed by atoms with Crippen LogP contribution in [0.25, 0.3) is 0 Å². The molecular weight excluding hydrogens is 350 g/mol. The Morgan fingerprint density at radius 2 is 1.85 bits per heavy atom. The van der Waals surface area contributed by atoms with Crippen LogP contribution in [0.15, 0.2) is 48.5 Å². The van der Waals surface area contributed by atoms with Crippen molar-refractivity contribution in [1.29, 1.82) is 0 Å². The summed E-state index contributed by atoms with van der Waals surface area (Å²) < 4.78 is 21.7. The average molecular weight is 371 g/mol. The summed E-state index contributed by atoms with van der Waals surface area (Å²) in [5.41, 5.74) is 0.354. The van der Waals surface area contributed by atoms with E-state index in [1.54, 1.807) is 24.3 Å². The van der Waals surface area contributed by atoms with Crippen molar-refractivity contribution < 1.29 is 28.5 Å². The Hall–Kier alpha value is -3.22. The highest BCUT2D eigenvalue weighted by Crippen LogP contribution is 2.30. The van der Waals surface area contributed by atoms with Gasteiger partial charge in [0.1, 0.15) is 18.5 Å². The maximum absolute atomic E-state index is 12.0. The van der Waals surface area contributed by atoms with Crippen LogP contribution in [0.1, 0.15) is 17.3 Å². The third-order valence-electron chi connectivity index (χ3n) is 3.83. The van der Waals surface area contributed by atoms with E-state index in [9.17, 15) is 9.59 Å². The largest absolute Gasteiger partial charge is 0.494 e. The molecule has 142 valence electrons. The molecule has 1 N–H and O–H groups in total. The molecular formula is C20H21NO6. The van der Waals surface area contributed by atoms with Crippen molar-refractivity contribution in [1.82, 2.24) is 5.32 Å². The van der Waals surface area contributed by atoms with Crippen molar-refractivity contribution >= 4 is 11.9 Å². The molecule has 0 spiro atoms. The zero-order chi connectivity index (χ0) is 19.1. The number of ether oxygens (including phenoxy) is 4. The summed E-state index contributed by atoms with van der Waals surface area (Å²) in [6.07, 6.45) is -0.300. The highest BCUT2D eigenvalue weighted by Gasteiger charge is 2.21. The van der Waals surface area contributed by atoms with Crippen LogP contribution >= 0.6 is 0 Å². The zero-order valence-electron chi connectivity index (χ0n) is 15.0. The maximum atomic E-state index is 12.0. The molecule has 0 saturated heterocycles. The van der Waals surface area contributed by atoms with Crippen molar-refractivity contribution in [2.75, 3.05) is 26.4 Å². The number of esters is 1. The number of nitrogens with one attached hydrogen (secondary N) is 1. The molecule has 0 radical (unpaired) electrons. The van der Waals surface area contributed by atoms with Gasteiger partial charge < -0.3 is 24.3 Å². The van der Waals surface area contributed by atoms with Crippen molar-refractivity contribution in [3.05, 3.63) is 54.1 Å². The van der Waals surface area contributed by atoms with Crippen molar-refractivity contribution in [2.24, 2.45) is 0 Å². The maximum Gasteiger partial charge on any atom is 0.338 e. The van der Waals surface area contributed by atoms with E-state index in [1.807, 2.05) is 31.2 Å². The van der Waals surface area contributed by atoms with E-state index >= 15 is 0 Å². The zero-order valence-corrected chi connectivity index (χ0v) is 15.0. The third kappa shape index (κ3) is 5.13. The highest BCUT2D eigenvalue weighted by atomic mass is 16.6. The van der Waals surface area contributed by atoms with Crippen LogP contribution in [0.5, 0.6) is 17.2 Å². The first kappa shape index (κ1) is 18.6. The molecule has 7 heteroatoms. The normalized spacial score (nSPS) is 14.9. The molecule has 1 aliphatic heterocycles. The first-order valence-electron chi connectivity index (χ1n) is 8.71. The lowest BCUT2D eigenvalue weighted by atomic mass is 10.2. The molecule has 1 amide bonds. The number of amides is 1. The van der Waals surface area contributed by atoms with E-state index in [0.717, 1.165) is 0 Å². The van der Waals surface area contributed by atoms with E-state index in [1.165, 1.54) is 0 Å². The molecule has 0 fully saturated rings. The van der Waals surface area contributed by atoms with E-state index in [2.05, 4.69) is 5.32 Å². The Balaban J connectivity index is 1.40. The van der Waals surface area contributed by atoms with E-state index in [-0.39, 0.29) is 19.3 Å². The Kier molecular flexibility index (Phi) is 6.14. The van der Waals surface area contributed by atoms with Gasteiger partial charge in [0.2, 0.25) is 0 Å². The number of fused-ring (bicyclic) bond motifs is 1. The second kappa shape index (κ2) is 8.93. The third-order valence-corrected chi connectivity index (χ3v) is 3.83. The molecule has 0 saturated carbocycles. The average Bonchev–Trinajstić information content (AvgIpc) is 2.71. The van der Waals surface area contributed by atoms with Gasteiger partial charge in [-0.25, -0.2) is 4.79 Å². The molecule has 2 aromatic rings. The van der Waals surface area contributed by atoms with Gasteiger partial charge in [-0.3, -0.25) is 4.79 Å². The number of hydrogen-bond acceptors (Lipinski definition) is 6. The predicted molar refractivity (Wildman–Crippen MR) is 97.3 cm³/mol. The molecule has 0 aromatic heterocycles. The van der Waals surface area contributed by atoms with E-state index < -0.39 is 11.9 Å². The van der Waals surface area contributed by atoms with Gasteiger partial charge in [0, 0.05) is 0 Å². The minimum atomic E-state index is -0.570. The SMILES string of the molecule is CCOc1ccc(C(=O)OCC(=O)NCC2COc3ccccc3O2)cc1. The lowest BCUT2D eigenvalue weighted by Gasteiger charge is -2.26. The fourth-order valence-electron chi connectivity index (χ4n) is 2.51. The summed E-state index contributed by atoms with van der Waals surface area (Å²) >= 11 is 0. The quantitative estimate of drug-likeness (QED) is 0.752. The van der Waals surface area contributed by atoms with E-state index in [0.29, 0.717) is 36.0 Å². The molecule has 0 bridgehead atoms. The first-order valence-corrected chi connectivity index (χ1v) is 8.71. The number of rotatable bonds is 7. The van der Waals surface area contributed by atoms with Gasteiger partial charge in [-0.15, -0.1) is 0 Å². The Morgan fingerprint density at radius 3 is 2.59 bits per heavy atom. The standard InChI is InChI=1S/C20H21NO6/c1-2-24-15-9-7-14(8-10-15)20(23)26-13-19(22)21-11-16-12-25-17-5-3-4-6-18(17)27-16/h3-10,16H,2,11-13H2,1H3,(H,21,22). The highest BCUT2D eigenvalue weighted by molar-refractivity contribution is 5.91. The molecule has 27 heavy (non-hydrogen) atoms. The number of para-hydroxylation sites is 2. The molecule has 7 nitrogen and oxygen atoms in total. The van der Waals surface area contributed by atoms with Crippen molar-refractivity contribution in [3.63, 3.8) is 0 Å². The van der Waals surface area contributed by atoms with Crippen LogP contribution in [0.4, 0.5) is 0 Å². The number of benzene rings is 2. The van der Waals surface area contributed by atoms with Crippen LogP contribution in [0.3, 0.4) is 0 Å². The smallest absolute Gasteiger partial charge is 0.338 e. The predicted octanol–water partition coefficient (Wildman–Crippen LogP) is 2.20. The van der Waals surface area contributed by atoms with Crippen molar-refractivity contribution in [3.8, 4) is 17.2 Å². The fraction of sp³-hybridized carbons (Fsp3) is 0.300. The van der Waals surface area contributed by atoms with E-state index in [4.69, 9.17) is 18.9 Å². The number of hydrogen-bond donors (Lipinski definition) is 1. The van der Waals surface area contributed by atoms with Gasteiger partial charge in [0.25, 0.3) is 5.91 Å². The molecule has 3 rings (SSSR count). The summed E-state index contributed by atoms with van der Waals surface area (Å²) in [7, 11) is 0. The summed E-state index contributed by atoms with van der Waals surface area (Å²) in [6, 6.07) is 13.9. The molecule has 1 heterocycles. The lowest BCUT2D eigenvalue weighted by molar-refractivity contribution is -0.124. The molecule has 0 aliphatic carbocycles. The number of carbonyl (C=O) groups is 2. The second-order valence-electron chi connectivity index (χ2n) is 5.84. The molecule has 1 atom stereocenters. The lowest BCUT2D eigenvalue weighted by Crippen LogP contribution is -2.42. The van der Waals surface area contributed by atoms with Gasteiger partial charge >= 0.3 is 5.97 Å². The summed E-state index contributed by atoms with van der Waals surface area (Å²) in [4.78, 5) is 23.9.